The second-order valence-corrected chi connectivity index (χ2v) is 5.90. The minimum absolute atomic E-state index is 0.144. The molecule has 0 aromatic carbocycles. The maximum atomic E-state index is 6.36. The monoisotopic (exact) mass is 281 g/mol. The molecule has 0 aliphatic rings. The fourth-order valence-corrected chi connectivity index (χ4v) is 3.36. The first kappa shape index (κ1) is 16.5. The van der Waals surface area contributed by atoms with Crippen LogP contribution in [-0.4, -0.2) is 41.0 Å². The number of thioether (sulfide) groups is 1. The highest BCUT2D eigenvalue weighted by molar-refractivity contribution is 7.98. The van der Waals surface area contributed by atoms with Gasteiger partial charge in [-0.15, -0.1) is 0 Å². The maximum Gasteiger partial charge on any atom is 0.0514 e. The van der Waals surface area contributed by atoms with Crippen LogP contribution in [0.15, 0.2) is 24.5 Å². The number of hydrogen-bond donors (Lipinski definition) is 1. The average molecular weight is 281 g/mol. The van der Waals surface area contributed by atoms with Crippen LogP contribution in [-0.2, 0) is 0 Å². The molecule has 108 valence electrons. The first-order valence-corrected chi connectivity index (χ1v) is 8.41. The fourth-order valence-electron chi connectivity index (χ4n) is 2.50. The molecule has 0 aliphatic carbocycles. The summed E-state index contributed by atoms with van der Waals surface area (Å²) >= 11 is 1.90. The van der Waals surface area contributed by atoms with Crippen molar-refractivity contribution in [1.82, 2.24) is 9.88 Å². The average Bonchev–Trinajstić information content (AvgIpc) is 2.45. The summed E-state index contributed by atoms with van der Waals surface area (Å²) in [4.78, 5) is 6.68. The van der Waals surface area contributed by atoms with Crippen molar-refractivity contribution in [3.63, 3.8) is 0 Å². The van der Waals surface area contributed by atoms with E-state index in [4.69, 9.17) is 5.73 Å². The van der Waals surface area contributed by atoms with Crippen molar-refractivity contribution in [2.75, 3.05) is 19.1 Å². The Morgan fingerprint density at radius 2 is 2.11 bits per heavy atom. The summed E-state index contributed by atoms with van der Waals surface area (Å²) in [6, 6.07) is 5.07. The van der Waals surface area contributed by atoms with Crippen LogP contribution in [0.25, 0.3) is 0 Å². The van der Waals surface area contributed by atoms with Crippen molar-refractivity contribution in [2.24, 2.45) is 5.73 Å². The standard InChI is InChI=1S/C15H27N3S/c1-5-13(11-19-4)18(3)15(14(16)6-2)12-8-7-9-17-10-12/h7-10,13-15H,5-6,11,16H2,1-4H3. The predicted octanol–water partition coefficient (Wildman–Crippen LogP) is 2.93. The molecule has 1 rings (SSSR count). The lowest BCUT2D eigenvalue weighted by Gasteiger charge is -2.37. The van der Waals surface area contributed by atoms with E-state index in [1.807, 2.05) is 30.2 Å². The number of likely N-dealkylation sites (N-methyl/N-ethyl adjacent to an activating group) is 1. The zero-order valence-electron chi connectivity index (χ0n) is 12.5. The molecule has 0 spiro atoms. The van der Waals surface area contributed by atoms with E-state index >= 15 is 0 Å². The molecule has 0 fully saturated rings. The van der Waals surface area contributed by atoms with Crippen LogP contribution in [0.2, 0.25) is 0 Å². The van der Waals surface area contributed by atoms with Gasteiger partial charge >= 0.3 is 0 Å². The van der Waals surface area contributed by atoms with Crippen molar-refractivity contribution in [3.8, 4) is 0 Å². The van der Waals surface area contributed by atoms with Crippen LogP contribution < -0.4 is 5.73 Å². The van der Waals surface area contributed by atoms with E-state index in [9.17, 15) is 0 Å². The Balaban J connectivity index is 2.96. The van der Waals surface area contributed by atoms with Crippen molar-refractivity contribution >= 4 is 11.8 Å². The van der Waals surface area contributed by atoms with Crippen LogP contribution >= 0.6 is 11.8 Å². The second kappa shape index (κ2) is 8.56. The van der Waals surface area contributed by atoms with Gasteiger partial charge in [0.05, 0.1) is 6.04 Å². The molecule has 19 heavy (non-hydrogen) atoms. The molecule has 3 unspecified atom stereocenters. The number of pyridine rings is 1. The Morgan fingerprint density at radius 3 is 2.58 bits per heavy atom. The van der Waals surface area contributed by atoms with E-state index in [2.05, 4.69) is 43.1 Å². The first-order chi connectivity index (χ1) is 9.15. The number of nitrogens with two attached hydrogens (primary N) is 1. The second-order valence-electron chi connectivity index (χ2n) is 4.99. The van der Waals surface area contributed by atoms with Gasteiger partial charge in [-0.3, -0.25) is 9.88 Å². The Bertz CT molecular complexity index is 345. The molecule has 0 saturated carbocycles. The largest absolute Gasteiger partial charge is 0.326 e. The minimum Gasteiger partial charge on any atom is -0.326 e. The highest BCUT2D eigenvalue weighted by Gasteiger charge is 2.27. The molecule has 3 nitrogen and oxygen atoms in total. The molecule has 1 heterocycles. The summed E-state index contributed by atoms with van der Waals surface area (Å²) < 4.78 is 0. The molecule has 0 aliphatic heterocycles. The molecule has 1 aromatic heterocycles. The van der Waals surface area contributed by atoms with E-state index in [0.29, 0.717) is 6.04 Å². The van der Waals surface area contributed by atoms with Gasteiger partial charge < -0.3 is 5.73 Å². The summed E-state index contributed by atoms with van der Waals surface area (Å²) in [5.41, 5.74) is 7.58. The van der Waals surface area contributed by atoms with E-state index in [1.54, 1.807) is 0 Å². The van der Waals surface area contributed by atoms with Gasteiger partial charge in [-0.2, -0.15) is 11.8 Å². The molecule has 0 radical (unpaired) electrons. The third-order valence-electron chi connectivity index (χ3n) is 3.75. The summed E-state index contributed by atoms with van der Waals surface area (Å²) in [6.45, 7) is 4.40. The van der Waals surface area contributed by atoms with Crippen molar-refractivity contribution in [1.29, 1.82) is 0 Å². The van der Waals surface area contributed by atoms with Crippen molar-refractivity contribution in [3.05, 3.63) is 30.1 Å². The summed E-state index contributed by atoms with van der Waals surface area (Å²) in [6.07, 6.45) is 8.04. The van der Waals surface area contributed by atoms with Gasteiger partial charge in [-0.25, -0.2) is 0 Å². The lowest BCUT2D eigenvalue weighted by atomic mass is 9.96. The van der Waals surface area contributed by atoms with E-state index in [1.165, 1.54) is 5.56 Å². The van der Waals surface area contributed by atoms with Gasteiger partial charge in [0, 0.05) is 30.2 Å². The van der Waals surface area contributed by atoms with E-state index in [0.717, 1.165) is 18.6 Å². The molecule has 0 saturated heterocycles. The number of aromatic nitrogens is 1. The Labute approximate surface area is 122 Å². The molecule has 0 amide bonds. The van der Waals surface area contributed by atoms with Gasteiger partial charge in [0.2, 0.25) is 0 Å². The smallest absolute Gasteiger partial charge is 0.0514 e. The normalized spacial score (nSPS) is 16.3. The van der Waals surface area contributed by atoms with Gasteiger partial charge in [0.15, 0.2) is 0 Å². The lowest BCUT2D eigenvalue weighted by Crippen LogP contribution is -2.44. The molecule has 4 heteroatoms. The third kappa shape index (κ3) is 4.48. The summed E-state index contributed by atoms with van der Waals surface area (Å²) in [5.74, 6) is 1.14. The quantitative estimate of drug-likeness (QED) is 0.795. The summed E-state index contributed by atoms with van der Waals surface area (Å²) in [5, 5.41) is 0. The molecule has 2 N–H and O–H groups in total. The first-order valence-electron chi connectivity index (χ1n) is 7.02. The fraction of sp³-hybridized carbons (Fsp3) is 0.667. The lowest BCUT2D eigenvalue weighted by molar-refractivity contribution is 0.157. The van der Waals surface area contributed by atoms with Crippen molar-refractivity contribution in [2.45, 2.75) is 44.8 Å². The topological polar surface area (TPSA) is 42.1 Å². The molecular formula is C15H27N3S. The van der Waals surface area contributed by atoms with Crippen LogP contribution in [0.4, 0.5) is 0 Å². The van der Waals surface area contributed by atoms with Crippen LogP contribution in [0, 0.1) is 0 Å². The zero-order chi connectivity index (χ0) is 14.3. The highest BCUT2D eigenvalue weighted by atomic mass is 32.2. The molecule has 3 atom stereocenters. The Kier molecular flexibility index (Phi) is 7.42. The number of rotatable bonds is 8. The van der Waals surface area contributed by atoms with Crippen molar-refractivity contribution < 1.29 is 0 Å². The molecule has 0 bridgehead atoms. The third-order valence-corrected chi connectivity index (χ3v) is 4.47. The molecular weight excluding hydrogens is 254 g/mol. The number of hydrogen-bond acceptors (Lipinski definition) is 4. The van der Waals surface area contributed by atoms with Crippen LogP contribution in [0.1, 0.15) is 38.3 Å². The SMILES string of the molecule is CCC(N)C(c1cccnc1)N(C)C(CC)CSC. The van der Waals surface area contributed by atoms with Gasteiger partial charge in [0.25, 0.3) is 0 Å². The number of nitrogens with zero attached hydrogens (tertiary/aromatic N) is 2. The van der Waals surface area contributed by atoms with Gasteiger partial charge in [-0.1, -0.05) is 19.9 Å². The predicted molar refractivity (Wildman–Crippen MR) is 85.5 cm³/mol. The summed E-state index contributed by atoms with van der Waals surface area (Å²) in [7, 11) is 2.19. The van der Waals surface area contributed by atoms with Crippen LogP contribution in [0.3, 0.4) is 0 Å². The highest BCUT2D eigenvalue weighted by Crippen LogP contribution is 2.27. The van der Waals surface area contributed by atoms with Gasteiger partial charge in [0.1, 0.15) is 0 Å². The maximum absolute atomic E-state index is 6.36. The van der Waals surface area contributed by atoms with Crippen LogP contribution in [0.5, 0.6) is 0 Å². The van der Waals surface area contributed by atoms with Gasteiger partial charge in [-0.05, 0) is 37.8 Å². The zero-order valence-corrected chi connectivity index (χ0v) is 13.4. The van der Waals surface area contributed by atoms with E-state index in [-0.39, 0.29) is 12.1 Å². The van der Waals surface area contributed by atoms with E-state index < -0.39 is 0 Å². The Hall–Kier alpha value is -0.580. The Morgan fingerprint density at radius 1 is 1.37 bits per heavy atom. The minimum atomic E-state index is 0.144. The molecule has 1 aromatic rings.